The SMILES string of the molecule is Cc1ccc(-c2cccs2)cc1N(C)S(=O)(=O)c1cnccc1C. The Morgan fingerprint density at radius 2 is 1.88 bits per heavy atom. The molecule has 0 radical (unpaired) electrons. The molecule has 0 N–H and O–H groups in total. The predicted octanol–water partition coefficient (Wildman–Crippen LogP) is 4.25. The summed E-state index contributed by atoms with van der Waals surface area (Å²) in [5.74, 6) is 0. The highest BCUT2D eigenvalue weighted by molar-refractivity contribution is 7.92. The number of pyridine rings is 1. The molecular weight excluding hydrogens is 340 g/mol. The van der Waals surface area contributed by atoms with Gasteiger partial charge in [-0.05, 0) is 54.1 Å². The maximum atomic E-state index is 13.0. The molecule has 0 aliphatic rings. The first-order chi connectivity index (χ1) is 11.4. The van der Waals surface area contributed by atoms with Gasteiger partial charge in [-0.15, -0.1) is 11.3 Å². The third-order valence-electron chi connectivity index (χ3n) is 3.98. The fourth-order valence-corrected chi connectivity index (χ4v) is 4.68. The number of nitrogens with zero attached hydrogens (tertiary/aromatic N) is 2. The molecule has 0 saturated heterocycles. The van der Waals surface area contributed by atoms with Gasteiger partial charge < -0.3 is 0 Å². The largest absolute Gasteiger partial charge is 0.269 e. The molecule has 24 heavy (non-hydrogen) atoms. The second-order valence-corrected chi connectivity index (χ2v) is 8.48. The van der Waals surface area contributed by atoms with Crippen LogP contribution in [0.15, 0.2) is 59.1 Å². The van der Waals surface area contributed by atoms with Crippen LogP contribution in [0.2, 0.25) is 0 Å². The zero-order valence-corrected chi connectivity index (χ0v) is 15.4. The summed E-state index contributed by atoms with van der Waals surface area (Å²) in [5.41, 5.74) is 3.27. The molecule has 0 amide bonds. The Morgan fingerprint density at radius 1 is 1.08 bits per heavy atom. The van der Waals surface area contributed by atoms with E-state index in [0.717, 1.165) is 16.0 Å². The van der Waals surface area contributed by atoms with Crippen LogP contribution >= 0.6 is 11.3 Å². The number of sulfonamides is 1. The van der Waals surface area contributed by atoms with E-state index in [2.05, 4.69) is 4.98 Å². The number of aromatic nitrogens is 1. The van der Waals surface area contributed by atoms with Gasteiger partial charge in [0, 0.05) is 24.3 Å². The summed E-state index contributed by atoms with van der Waals surface area (Å²) in [6, 6.07) is 11.6. The lowest BCUT2D eigenvalue weighted by molar-refractivity contribution is 0.593. The molecule has 0 fully saturated rings. The van der Waals surface area contributed by atoms with E-state index in [1.807, 2.05) is 42.6 Å². The number of thiophene rings is 1. The maximum absolute atomic E-state index is 13.0. The van der Waals surface area contributed by atoms with Crippen LogP contribution in [-0.2, 0) is 10.0 Å². The van der Waals surface area contributed by atoms with E-state index in [0.29, 0.717) is 11.3 Å². The number of hydrogen-bond donors (Lipinski definition) is 0. The van der Waals surface area contributed by atoms with Gasteiger partial charge >= 0.3 is 0 Å². The molecule has 3 rings (SSSR count). The van der Waals surface area contributed by atoms with E-state index in [4.69, 9.17) is 0 Å². The monoisotopic (exact) mass is 358 g/mol. The van der Waals surface area contributed by atoms with Gasteiger partial charge in [0.1, 0.15) is 4.90 Å². The molecule has 0 aliphatic heterocycles. The van der Waals surface area contributed by atoms with Gasteiger partial charge in [-0.25, -0.2) is 8.42 Å². The molecule has 3 aromatic rings. The Kier molecular flexibility index (Phi) is 4.43. The number of anilines is 1. The lowest BCUT2D eigenvalue weighted by Gasteiger charge is -2.22. The van der Waals surface area contributed by atoms with Crippen molar-refractivity contribution < 1.29 is 8.42 Å². The number of aryl methyl sites for hydroxylation is 2. The maximum Gasteiger partial charge on any atom is 0.265 e. The number of rotatable bonds is 4. The average Bonchev–Trinajstić information content (AvgIpc) is 3.09. The van der Waals surface area contributed by atoms with Crippen molar-refractivity contribution in [2.45, 2.75) is 18.7 Å². The standard InChI is InChI=1S/C18H18N2O2S2/c1-13-6-7-15(17-5-4-10-23-17)11-16(13)20(3)24(21,22)18-12-19-9-8-14(18)2/h4-12H,1-3H3. The van der Waals surface area contributed by atoms with Gasteiger partial charge in [-0.1, -0.05) is 18.2 Å². The van der Waals surface area contributed by atoms with E-state index in [1.165, 1.54) is 10.5 Å². The van der Waals surface area contributed by atoms with Crippen LogP contribution in [0.3, 0.4) is 0 Å². The van der Waals surface area contributed by atoms with Crippen LogP contribution in [0, 0.1) is 13.8 Å². The highest BCUT2D eigenvalue weighted by Crippen LogP contribution is 2.32. The number of hydrogen-bond acceptors (Lipinski definition) is 4. The highest BCUT2D eigenvalue weighted by Gasteiger charge is 2.24. The van der Waals surface area contributed by atoms with E-state index in [-0.39, 0.29) is 4.90 Å². The summed E-state index contributed by atoms with van der Waals surface area (Å²) in [6.45, 7) is 3.69. The van der Waals surface area contributed by atoms with Crippen LogP contribution in [0.25, 0.3) is 10.4 Å². The minimum Gasteiger partial charge on any atom is -0.269 e. The fourth-order valence-electron chi connectivity index (χ4n) is 2.54. The van der Waals surface area contributed by atoms with Crippen LogP contribution in [0.5, 0.6) is 0 Å². The van der Waals surface area contributed by atoms with Gasteiger partial charge in [0.2, 0.25) is 0 Å². The van der Waals surface area contributed by atoms with Gasteiger partial charge in [-0.2, -0.15) is 0 Å². The molecule has 6 heteroatoms. The minimum absolute atomic E-state index is 0.230. The van der Waals surface area contributed by atoms with E-state index < -0.39 is 10.0 Å². The molecule has 0 aliphatic carbocycles. The summed E-state index contributed by atoms with van der Waals surface area (Å²) >= 11 is 1.63. The first kappa shape index (κ1) is 16.7. The van der Waals surface area contributed by atoms with Crippen molar-refractivity contribution in [1.29, 1.82) is 0 Å². The Morgan fingerprint density at radius 3 is 2.54 bits per heavy atom. The van der Waals surface area contributed by atoms with Crippen LogP contribution < -0.4 is 4.31 Å². The summed E-state index contributed by atoms with van der Waals surface area (Å²) in [7, 11) is -2.07. The lowest BCUT2D eigenvalue weighted by atomic mass is 10.1. The Balaban J connectivity index is 2.08. The van der Waals surface area contributed by atoms with Gasteiger partial charge in [0.25, 0.3) is 10.0 Å². The summed E-state index contributed by atoms with van der Waals surface area (Å²) in [6.07, 6.45) is 3.00. The highest BCUT2D eigenvalue weighted by atomic mass is 32.2. The van der Waals surface area contributed by atoms with Crippen molar-refractivity contribution in [3.8, 4) is 10.4 Å². The van der Waals surface area contributed by atoms with E-state index in [9.17, 15) is 8.42 Å². The van der Waals surface area contributed by atoms with Crippen LogP contribution in [-0.4, -0.2) is 20.4 Å². The molecule has 0 spiro atoms. The quantitative estimate of drug-likeness (QED) is 0.700. The molecular formula is C18H18N2O2S2. The van der Waals surface area contributed by atoms with Crippen molar-refractivity contribution in [1.82, 2.24) is 4.98 Å². The molecule has 0 bridgehead atoms. The van der Waals surface area contributed by atoms with Crippen LogP contribution in [0.4, 0.5) is 5.69 Å². The third-order valence-corrected chi connectivity index (χ3v) is 6.80. The predicted molar refractivity (Wildman–Crippen MR) is 99.1 cm³/mol. The zero-order valence-electron chi connectivity index (χ0n) is 13.7. The Hall–Kier alpha value is -2.18. The lowest BCUT2D eigenvalue weighted by Crippen LogP contribution is -2.28. The summed E-state index contributed by atoms with van der Waals surface area (Å²) in [4.78, 5) is 5.31. The molecule has 0 saturated carbocycles. The second kappa shape index (κ2) is 6.37. The first-order valence-corrected chi connectivity index (χ1v) is 9.77. The van der Waals surface area contributed by atoms with Gasteiger partial charge in [0.05, 0.1) is 5.69 Å². The first-order valence-electron chi connectivity index (χ1n) is 7.45. The Bertz CT molecular complexity index is 964. The third kappa shape index (κ3) is 2.95. The van der Waals surface area contributed by atoms with Gasteiger partial charge in [0.15, 0.2) is 0 Å². The second-order valence-electron chi connectivity index (χ2n) is 5.59. The smallest absolute Gasteiger partial charge is 0.265 e. The summed E-state index contributed by atoms with van der Waals surface area (Å²) < 4.78 is 27.3. The van der Waals surface area contributed by atoms with Gasteiger partial charge in [-0.3, -0.25) is 9.29 Å². The Labute approximate surface area is 146 Å². The van der Waals surface area contributed by atoms with E-state index in [1.54, 1.807) is 37.6 Å². The van der Waals surface area contributed by atoms with Crippen molar-refractivity contribution in [2.24, 2.45) is 0 Å². The fraction of sp³-hybridized carbons (Fsp3) is 0.167. The van der Waals surface area contributed by atoms with Crippen molar-refractivity contribution in [3.63, 3.8) is 0 Å². The van der Waals surface area contributed by atoms with Crippen molar-refractivity contribution >= 4 is 27.0 Å². The molecule has 124 valence electrons. The topological polar surface area (TPSA) is 50.3 Å². The molecule has 0 unspecified atom stereocenters. The van der Waals surface area contributed by atoms with Crippen LogP contribution in [0.1, 0.15) is 11.1 Å². The molecule has 1 aromatic carbocycles. The van der Waals surface area contributed by atoms with E-state index >= 15 is 0 Å². The summed E-state index contributed by atoms with van der Waals surface area (Å²) in [5, 5.41) is 2.01. The molecule has 2 aromatic heterocycles. The molecule has 0 atom stereocenters. The van der Waals surface area contributed by atoms with Crippen molar-refractivity contribution in [3.05, 3.63) is 65.3 Å². The molecule has 2 heterocycles. The van der Waals surface area contributed by atoms with Crippen molar-refractivity contribution in [2.75, 3.05) is 11.4 Å². The average molecular weight is 358 g/mol. The zero-order chi connectivity index (χ0) is 17.3. The number of benzene rings is 1. The minimum atomic E-state index is -3.66. The normalized spacial score (nSPS) is 11.5. The molecule has 4 nitrogen and oxygen atoms in total.